The number of carbonyl (C=O) groups excluding carboxylic acids is 2. The third-order valence-electron chi connectivity index (χ3n) is 3.95. The first-order chi connectivity index (χ1) is 13.6. The maximum Gasteiger partial charge on any atom is 0.260 e. The summed E-state index contributed by atoms with van der Waals surface area (Å²) in [4.78, 5) is 28.5. The molecule has 1 N–H and O–H groups in total. The van der Waals surface area contributed by atoms with Crippen molar-refractivity contribution in [2.45, 2.75) is 11.7 Å². The lowest BCUT2D eigenvalue weighted by Gasteiger charge is -2.13. The molecule has 2 aromatic carbocycles. The topological polar surface area (TPSA) is 86.2 Å². The lowest BCUT2D eigenvalue weighted by atomic mass is 10.2. The van der Waals surface area contributed by atoms with Crippen LogP contribution in [0, 0.1) is 0 Å². The van der Waals surface area contributed by atoms with Gasteiger partial charge in [0.2, 0.25) is 5.91 Å². The van der Waals surface area contributed by atoms with Gasteiger partial charge in [-0.3, -0.25) is 9.59 Å². The smallest absolute Gasteiger partial charge is 0.260 e. The van der Waals surface area contributed by atoms with E-state index in [0.717, 1.165) is 0 Å². The quantitative estimate of drug-likeness (QED) is 0.733. The Labute approximate surface area is 167 Å². The van der Waals surface area contributed by atoms with Crippen molar-refractivity contribution in [3.05, 3.63) is 48.5 Å². The number of para-hydroxylation sites is 1. The number of rotatable bonds is 8. The molecule has 0 radical (unpaired) electrons. The minimum absolute atomic E-state index is 0.00218. The van der Waals surface area contributed by atoms with E-state index in [1.165, 1.54) is 26.0 Å². The molecule has 0 bridgehead atoms. The third-order valence-corrected chi connectivity index (χ3v) is 5.08. The second kappa shape index (κ2) is 9.27. The van der Waals surface area contributed by atoms with Gasteiger partial charge in [-0.25, -0.2) is 4.99 Å². The summed E-state index contributed by atoms with van der Waals surface area (Å²) in [6, 6.07) is 14.4. The Kier molecular flexibility index (Phi) is 6.54. The summed E-state index contributed by atoms with van der Waals surface area (Å²) in [6.45, 7) is 0.197. The van der Waals surface area contributed by atoms with E-state index in [1.54, 1.807) is 18.2 Å². The second-order valence-electron chi connectivity index (χ2n) is 5.87. The van der Waals surface area contributed by atoms with Crippen LogP contribution in [0.25, 0.3) is 0 Å². The Hall–Kier alpha value is -3.00. The van der Waals surface area contributed by atoms with Crippen molar-refractivity contribution in [1.29, 1.82) is 0 Å². The molecule has 28 heavy (non-hydrogen) atoms. The van der Waals surface area contributed by atoms with Gasteiger partial charge in [-0.2, -0.15) is 0 Å². The maximum atomic E-state index is 12.4. The van der Waals surface area contributed by atoms with E-state index in [2.05, 4.69) is 10.3 Å². The van der Waals surface area contributed by atoms with Gasteiger partial charge < -0.3 is 19.5 Å². The highest BCUT2D eigenvalue weighted by Crippen LogP contribution is 2.30. The first kappa shape index (κ1) is 19.8. The number of methoxy groups -OCH3 is 2. The van der Waals surface area contributed by atoms with Gasteiger partial charge >= 0.3 is 0 Å². The van der Waals surface area contributed by atoms with Crippen LogP contribution in [0.15, 0.2) is 53.5 Å². The van der Waals surface area contributed by atoms with Gasteiger partial charge in [-0.15, -0.1) is 0 Å². The van der Waals surface area contributed by atoms with Crippen LogP contribution in [-0.2, 0) is 9.59 Å². The van der Waals surface area contributed by atoms with Crippen molar-refractivity contribution in [3.63, 3.8) is 0 Å². The van der Waals surface area contributed by atoms with Gasteiger partial charge in [0.1, 0.15) is 34.1 Å². The first-order valence-electron chi connectivity index (χ1n) is 8.57. The highest BCUT2D eigenvalue weighted by Gasteiger charge is 2.30. The molecule has 0 aliphatic carbocycles. The number of nitrogens with one attached hydrogen (secondary N) is 1. The Morgan fingerprint density at radius 1 is 1.11 bits per heavy atom. The summed E-state index contributed by atoms with van der Waals surface area (Å²) in [5.74, 6) is 1.16. The standard InChI is InChI=1S/C20H20N2O5S/c1-25-14-8-9-16(26-2)15(10-14)21-18(23)11-17-20(24)22-19(28-17)12-27-13-6-4-3-5-7-13/h3-10,17H,11-12H2,1-2H3,(H,21,23)/t17-/m0/s1. The monoisotopic (exact) mass is 400 g/mol. The zero-order valence-electron chi connectivity index (χ0n) is 15.5. The number of amides is 2. The predicted octanol–water partition coefficient (Wildman–Crippen LogP) is 3.15. The van der Waals surface area contributed by atoms with Crippen LogP contribution in [-0.4, -0.2) is 42.9 Å². The number of ether oxygens (including phenoxy) is 3. The number of carbonyl (C=O) groups is 2. The van der Waals surface area contributed by atoms with Crippen LogP contribution in [0.4, 0.5) is 5.69 Å². The summed E-state index contributed by atoms with van der Waals surface area (Å²) in [6.07, 6.45) is 0.00218. The van der Waals surface area contributed by atoms with E-state index in [4.69, 9.17) is 14.2 Å². The van der Waals surface area contributed by atoms with Gasteiger partial charge in [0.25, 0.3) is 5.91 Å². The predicted molar refractivity (Wildman–Crippen MR) is 109 cm³/mol. The summed E-state index contributed by atoms with van der Waals surface area (Å²) in [5.41, 5.74) is 0.482. The fourth-order valence-electron chi connectivity index (χ4n) is 2.57. The minimum Gasteiger partial charge on any atom is -0.497 e. The third kappa shape index (κ3) is 5.04. The van der Waals surface area contributed by atoms with E-state index in [1.807, 2.05) is 30.3 Å². The number of anilines is 1. The number of thioether (sulfide) groups is 1. The average molecular weight is 400 g/mol. The fraction of sp³-hybridized carbons (Fsp3) is 0.250. The number of nitrogens with zero attached hydrogens (tertiary/aromatic N) is 1. The van der Waals surface area contributed by atoms with Gasteiger partial charge in [0.15, 0.2) is 0 Å². The van der Waals surface area contributed by atoms with Crippen molar-refractivity contribution in [2.75, 3.05) is 26.1 Å². The lowest BCUT2D eigenvalue weighted by Crippen LogP contribution is -2.21. The molecule has 8 heteroatoms. The molecule has 0 saturated heterocycles. The Morgan fingerprint density at radius 3 is 2.61 bits per heavy atom. The molecule has 1 atom stereocenters. The molecule has 2 amide bonds. The summed E-state index contributed by atoms with van der Waals surface area (Å²) in [7, 11) is 3.05. The van der Waals surface area contributed by atoms with Crippen molar-refractivity contribution < 1.29 is 23.8 Å². The van der Waals surface area contributed by atoms with Crippen LogP contribution in [0.5, 0.6) is 17.2 Å². The van der Waals surface area contributed by atoms with E-state index in [9.17, 15) is 9.59 Å². The molecule has 0 spiro atoms. The van der Waals surface area contributed by atoms with Gasteiger partial charge in [0, 0.05) is 12.5 Å². The second-order valence-corrected chi connectivity index (χ2v) is 7.15. The Morgan fingerprint density at radius 2 is 1.89 bits per heavy atom. The molecule has 0 unspecified atom stereocenters. The SMILES string of the molecule is COc1ccc(OC)c(NC(=O)C[C@@H]2SC(COc3ccccc3)=NC2=O)c1. The molecule has 1 aliphatic heterocycles. The molecule has 7 nitrogen and oxygen atoms in total. The van der Waals surface area contributed by atoms with Crippen molar-refractivity contribution in [2.24, 2.45) is 4.99 Å². The zero-order valence-corrected chi connectivity index (χ0v) is 16.3. The molecular weight excluding hydrogens is 380 g/mol. The van der Waals surface area contributed by atoms with Crippen LogP contribution in [0.3, 0.4) is 0 Å². The summed E-state index contributed by atoms with van der Waals surface area (Å²) >= 11 is 1.25. The number of hydrogen-bond acceptors (Lipinski definition) is 6. The molecule has 2 aromatic rings. The largest absolute Gasteiger partial charge is 0.497 e. The highest BCUT2D eigenvalue weighted by atomic mass is 32.2. The summed E-state index contributed by atoms with van der Waals surface area (Å²) < 4.78 is 16.0. The van der Waals surface area contributed by atoms with Gasteiger partial charge in [0.05, 0.1) is 19.9 Å². The number of hydrogen-bond donors (Lipinski definition) is 1. The van der Waals surface area contributed by atoms with E-state index < -0.39 is 5.25 Å². The van der Waals surface area contributed by atoms with Crippen LogP contribution in [0.1, 0.15) is 6.42 Å². The van der Waals surface area contributed by atoms with Gasteiger partial charge in [-0.05, 0) is 24.3 Å². The molecule has 3 rings (SSSR count). The van der Waals surface area contributed by atoms with Crippen LogP contribution >= 0.6 is 11.8 Å². The Bertz CT molecular complexity index is 885. The molecule has 0 fully saturated rings. The molecule has 0 aromatic heterocycles. The van der Waals surface area contributed by atoms with Crippen molar-refractivity contribution in [1.82, 2.24) is 0 Å². The molecular formula is C20H20N2O5S. The number of aliphatic imine (C=N–C) groups is 1. The van der Waals surface area contributed by atoms with Crippen molar-refractivity contribution in [3.8, 4) is 17.2 Å². The summed E-state index contributed by atoms with van der Waals surface area (Å²) in [5, 5.41) is 2.76. The minimum atomic E-state index is -0.564. The normalized spacial score (nSPS) is 15.7. The van der Waals surface area contributed by atoms with Crippen LogP contribution in [0.2, 0.25) is 0 Å². The average Bonchev–Trinajstić information content (AvgIpc) is 3.06. The lowest BCUT2D eigenvalue weighted by molar-refractivity contribution is -0.121. The molecule has 1 aliphatic rings. The highest BCUT2D eigenvalue weighted by molar-refractivity contribution is 8.15. The first-order valence-corrected chi connectivity index (χ1v) is 9.45. The van der Waals surface area contributed by atoms with Crippen LogP contribution < -0.4 is 19.5 Å². The Balaban J connectivity index is 1.55. The number of benzene rings is 2. The van der Waals surface area contributed by atoms with Gasteiger partial charge in [-0.1, -0.05) is 30.0 Å². The van der Waals surface area contributed by atoms with E-state index >= 15 is 0 Å². The van der Waals surface area contributed by atoms with E-state index in [0.29, 0.717) is 28.0 Å². The van der Waals surface area contributed by atoms with E-state index in [-0.39, 0.29) is 24.8 Å². The zero-order chi connectivity index (χ0) is 19.9. The van der Waals surface area contributed by atoms with Crippen molar-refractivity contribution >= 4 is 34.3 Å². The molecule has 0 saturated carbocycles. The molecule has 146 valence electrons. The molecule has 1 heterocycles. The fourth-order valence-corrected chi connectivity index (χ4v) is 3.56. The maximum absolute atomic E-state index is 12.4.